The molecule has 29 heavy (non-hydrogen) atoms. The molecule has 0 aliphatic rings. The summed E-state index contributed by atoms with van der Waals surface area (Å²) in [5, 5.41) is 2.40. The summed E-state index contributed by atoms with van der Waals surface area (Å²) in [5.74, 6) is 0.966. The van der Waals surface area contributed by atoms with E-state index in [4.69, 9.17) is 24.0 Å². The molecule has 1 atom stereocenters. The minimum atomic E-state index is -4.89. The third-order valence-electron chi connectivity index (χ3n) is 4.21. The van der Waals surface area contributed by atoms with Gasteiger partial charge in [0.05, 0.1) is 6.61 Å². The molecule has 0 radical (unpaired) electrons. The molecule has 0 amide bonds. The zero-order valence-corrected chi connectivity index (χ0v) is 21.0. The minimum absolute atomic E-state index is 0. The quantitative estimate of drug-likeness (QED) is 0.424. The number of ether oxygens (including phenoxy) is 1. The van der Waals surface area contributed by atoms with Crippen LogP contribution in [0.3, 0.4) is 0 Å². The maximum absolute atomic E-state index is 8.77. The molecule has 0 aliphatic heterocycles. The Bertz CT molecular complexity index is 904. The van der Waals surface area contributed by atoms with Crippen LogP contribution >= 0.6 is 7.82 Å². The summed E-state index contributed by atoms with van der Waals surface area (Å²) in [6, 6.07) is 25.6. The van der Waals surface area contributed by atoms with Crippen molar-refractivity contribution in [3.63, 3.8) is 0 Å². The largest absolute Gasteiger partial charge is 1.00 e. The summed E-state index contributed by atoms with van der Waals surface area (Å²) in [4.78, 5) is 25.2. The van der Waals surface area contributed by atoms with Crippen LogP contribution in [0, 0.1) is 0 Å². The van der Waals surface area contributed by atoms with Crippen LogP contribution in [-0.2, 0) is 4.57 Å². The monoisotopic (exact) mass is 441 g/mol. The van der Waals surface area contributed by atoms with Crippen molar-refractivity contribution in [1.29, 1.82) is 0 Å². The van der Waals surface area contributed by atoms with Gasteiger partial charge in [-0.2, -0.15) is 0 Å². The molecule has 3 aromatic rings. The van der Waals surface area contributed by atoms with Gasteiger partial charge >= 0.3 is 51.4 Å². The molecule has 0 bridgehead atoms. The van der Waals surface area contributed by atoms with Gasteiger partial charge in [-0.15, -0.1) is 0 Å². The van der Waals surface area contributed by atoms with Gasteiger partial charge in [0.1, 0.15) is 5.75 Å². The van der Waals surface area contributed by atoms with Crippen LogP contribution in [0.25, 0.3) is 10.8 Å². The van der Waals surface area contributed by atoms with Gasteiger partial charge in [-0.05, 0) is 31.1 Å². The van der Waals surface area contributed by atoms with E-state index in [9.17, 15) is 0 Å². The van der Waals surface area contributed by atoms with Crippen molar-refractivity contribution in [2.45, 2.75) is 12.5 Å². The Balaban J connectivity index is 0.000000628. The first-order valence-corrected chi connectivity index (χ1v) is 10.4. The normalized spacial score (nSPS) is 11.9. The fourth-order valence-corrected chi connectivity index (χ4v) is 3.00. The fourth-order valence-electron chi connectivity index (χ4n) is 3.00. The molecule has 0 fully saturated rings. The fraction of sp³-hybridized carbons (Fsp3) is 0.238. The number of hydrogen-bond donors (Lipinski definition) is 2. The Kier molecular flexibility index (Phi) is 11.8. The Morgan fingerprint density at radius 3 is 2.14 bits per heavy atom. The third kappa shape index (κ3) is 9.85. The van der Waals surface area contributed by atoms with Crippen LogP contribution in [0.2, 0.25) is 0 Å². The molecule has 8 heteroatoms. The van der Waals surface area contributed by atoms with Crippen molar-refractivity contribution in [2.75, 3.05) is 20.7 Å². The predicted molar refractivity (Wildman–Crippen MR) is 109 cm³/mol. The maximum Gasteiger partial charge on any atom is 1.00 e. The second kappa shape index (κ2) is 13.0. The van der Waals surface area contributed by atoms with Crippen LogP contribution in [0.5, 0.6) is 5.75 Å². The van der Waals surface area contributed by atoms with Gasteiger partial charge < -0.3 is 24.3 Å². The average Bonchev–Trinajstić information content (AvgIpc) is 2.64. The number of rotatable bonds is 6. The van der Waals surface area contributed by atoms with Crippen LogP contribution < -0.4 is 61.0 Å². The standard InChI is InChI=1S/C21H23NO.K.H3O4P/c1-22(2)20(18-10-4-3-5-11-18)15-16-23-21-14-8-12-17-9-6-7-13-19(17)21;;1-5(2,3)4/h3-14,20H,15-16H2,1-2H3;;(H3,1,2,3,4)/q;+1;/p-1/t20-;;/m0../s1. The Morgan fingerprint density at radius 1 is 0.966 bits per heavy atom. The molecular weight excluding hydrogens is 416 g/mol. The number of benzene rings is 3. The predicted octanol–water partition coefficient (Wildman–Crippen LogP) is 0.355. The van der Waals surface area contributed by atoms with Crippen molar-refractivity contribution >= 4 is 18.6 Å². The maximum atomic E-state index is 8.77. The molecule has 0 spiro atoms. The van der Waals surface area contributed by atoms with Crippen LogP contribution in [0.1, 0.15) is 18.0 Å². The second-order valence-electron chi connectivity index (χ2n) is 6.50. The van der Waals surface area contributed by atoms with Crippen molar-refractivity contribution in [3.05, 3.63) is 78.4 Å². The molecule has 3 aromatic carbocycles. The summed E-state index contributed by atoms with van der Waals surface area (Å²) in [7, 11) is -0.648. The van der Waals surface area contributed by atoms with E-state index in [-0.39, 0.29) is 51.4 Å². The molecule has 2 N–H and O–H groups in total. The zero-order valence-electron chi connectivity index (χ0n) is 16.9. The zero-order chi connectivity index (χ0) is 20.6. The topological polar surface area (TPSA) is 93.1 Å². The first-order chi connectivity index (χ1) is 13.3. The Hall–Kier alpha value is -0.574. The van der Waals surface area contributed by atoms with Gasteiger partial charge in [0, 0.05) is 17.8 Å². The van der Waals surface area contributed by atoms with E-state index in [2.05, 4.69) is 91.8 Å². The molecule has 0 saturated heterocycles. The van der Waals surface area contributed by atoms with Gasteiger partial charge in [0.15, 0.2) is 0 Å². The molecule has 0 aromatic heterocycles. The second-order valence-corrected chi connectivity index (χ2v) is 7.48. The van der Waals surface area contributed by atoms with Gasteiger partial charge in [0.25, 0.3) is 7.82 Å². The molecule has 0 heterocycles. The van der Waals surface area contributed by atoms with Crippen molar-refractivity contribution in [1.82, 2.24) is 4.90 Å². The number of fused-ring (bicyclic) bond motifs is 1. The summed E-state index contributed by atoms with van der Waals surface area (Å²) >= 11 is 0. The van der Waals surface area contributed by atoms with Gasteiger partial charge in [-0.25, -0.2) is 0 Å². The Labute approximate surface area is 214 Å². The molecule has 3 rings (SSSR count). The number of hydrogen-bond acceptors (Lipinski definition) is 4. The molecule has 0 unspecified atom stereocenters. The first kappa shape index (κ1) is 26.5. The minimum Gasteiger partial charge on any atom is -0.756 e. The van der Waals surface area contributed by atoms with E-state index >= 15 is 0 Å². The Morgan fingerprint density at radius 2 is 1.52 bits per heavy atom. The van der Waals surface area contributed by atoms with E-state index in [0.29, 0.717) is 12.6 Å². The molecular formula is C21H25KNO5P. The average molecular weight is 442 g/mol. The first-order valence-electron chi connectivity index (χ1n) is 8.84. The van der Waals surface area contributed by atoms with E-state index in [1.54, 1.807) is 0 Å². The summed E-state index contributed by atoms with van der Waals surface area (Å²) in [5.41, 5.74) is 1.33. The molecule has 0 saturated carbocycles. The summed E-state index contributed by atoms with van der Waals surface area (Å²) < 4.78 is 14.9. The number of phosphoric acid groups is 1. The van der Waals surface area contributed by atoms with Crippen LogP contribution in [0.15, 0.2) is 72.8 Å². The SMILES string of the molecule is CN(C)[C@@H](CCOc1cccc2ccccc12)c1ccccc1.O=P([O-])(O)O.[K+]. The van der Waals surface area contributed by atoms with Crippen LogP contribution in [0.4, 0.5) is 0 Å². The third-order valence-corrected chi connectivity index (χ3v) is 4.21. The summed E-state index contributed by atoms with van der Waals surface area (Å²) in [6.45, 7) is 0.700. The van der Waals surface area contributed by atoms with Crippen molar-refractivity contribution < 1.29 is 75.4 Å². The van der Waals surface area contributed by atoms with E-state index in [1.165, 1.54) is 16.3 Å². The van der Waals surface area contributed by atoms with E-state index in [0.717, 1.165) is 12.2 Å². The van der Waals surface area contributed by atoms with Gasteiger partial charge in [-0.3, -0.25) is 4.57 Å². The molecule has 0 aliphatic carbocycles. The smallest absolute Gasteiger partial charge is 0.756 e. The van der Waals surface area contributed by atoms with E-state index in [1.807, 2.05) is 0 Å². The molecule has 150 valence electrons. The number of nitrogens with zero attached hydrogens (tertiary/aromatic N) is 1. The van der Waals surface area contributed by atoms with E-state index < -0.39 is 7.82 Å². The van der Waals surface area contributed by atoms with Crippen LogP contribution in [-0.4, -0.2) is 35.4 Å². The van der Waals surface area contributed by atoms with Gasteiger partial charge in [0.2, 0.25) is 0 Å². The van der Waals surface area contributed by atoms with Crippen molar-refractivity contribution in [2.24, 2.45) is 0 Å². The summed E-state index contributed by atoms with van der Waals surface area (Å²) in [6.07, 6.45) is 0.959. The van der Waals surface area contributed by atoms with Gasteiger partial charge in [-0.1, -0.05) is 66.7 Å². The molecule has 6 nitrogen and oxygen atoms in total. The van der Waals surface area contributed by atoms with Crippen molar-refractivity contribution in [3.8, 4) is 5.75 Å².